The van der Waals surface area contributed by atoms with Gasteiger partial charge in [-0.05, 0) is 29.8 Å². The van der Waals surface area contributed by atoms with Crippen LogP contribution in [0.4, 0.5) is 0 Å². The van der Waals surface area contributed by atoms with Crippen molar-refractivity contribution >= 4 is 17.5 Å². The molecule has 1 saturated heterocycles. The molecule has 0 aliphatic carbocycles. The molecule has 2 aromatic rings. The minimum absolute atomic E-state index is 0.0401. The average Bonchev–Trinajstić information content (AvgIpc) is 2.72. The summed E-state index contributed by atoms with van der Waals surface area (Å²) in [4.78, 5) is 17.2. The second-order valence-corrected chi connectivity index (χ2v) is 7.05. The van der Waals surface area contributed by atoms with Gasteiger partial charge in [-0.3, -0.25) is 9.69 Å². The van der Waals surface area contributed by atoms with Gasteiger partial charge in [-0.25, -0.2) is 0 Å². The second kappa shape index (κ2) is 9.17. The van der Waals surface area contributed by atoms with Crippen LogP contribution >= 0.6 is 11.6 Å². The Morgan fingerprint density at radius 2 is 1.61 bits per heavy atom. The summed E-state index contributed by atoms with van der Waals surface area (Å²) in [7, 11) is 4.63. The highest BCUT2D eigenvalue weighted by molar-refractivity contribution is 6.30. The molecule has 1 fully saturated rings. The number of nitrogens with zero attached hydrogens (tertiary/aromatic N) is 2. The number of amides is 1. The summed E-state index contributed by atoms with van der Waals surface area (Å²) < 4.78 is 16.0. The minimum Gasteiger partial charge on any atom is -0.493 e. The zero-order chi connectivity index (χ0) is 20.1. The van der Waals surface area contributed by atoms with Crippen LogP contribution < -0.4 is 14.2 Å². The number of methoxy groups -OCH3 is 3. The molecular weight excluding hydrogens is 380 g/mol. The van der Waals surface area contributed by atoms with Crippen molar-refractivity contribution < 1.29 is 19.0 Å². The zero-order valence-corrected chi connectivity index (χ0v) is 17.2. The molecule has 2 aromatic carbocycles. The summed E-state index contributed by atoms with van der Waals surface area (Å²) in [6.45, 7) is 3.77. The predicted octanol–water partition coefficient (Wildman–Crippen LogP) is 3.32. The lowest BCUT2D eigenvalue weighted by Gasteiger charge is -2.35. The highest BCUT2D eigenvalue weighted by Crippen LogP contribution is 2.38. The first-order valence-electron chi connectivity index (χ1n) is 9.11. The van der Waals surface area contributed by atoms with Crippen LogP contribution in [0.15, 0.2) is 36.4 Å². The van der Waals surface area contributed by atoms with Crippen molar-refractivity contribution in [3.05, 3.63) is 52.5 Å². The van der Waals surface area contributed by atoms with E-state index in [9.17, 15) is 4.79 Å². The van der Waals surface area contributed by atoms with Gasteiger partial charge in [0.2, 0.25) is 5.75 Å². The topological polar surface area (TPSA) is 51.2 Å². The van der Waals surface area contributed by atoms with Crippen LogP contribution in [0.3, 0.4) is 0 Å². The molecule has 6 nitrogen and oxygen atoms in total. The van der Waals surface area contributed by atoms with Crippen molar-refractivity contribution in [2.75, 3.05) is 47.5 Å². The number of carbonyl (C=O) groups excluding carboxylic acids is 1. The van der Waals surface area contributed by atoms with Gasteiger partial charge in [-0.1, -0.05) is 23.7 Å². The quantitative estimate of drug-likeness (QED) is 0.739. The first-order chi connectivity index (χ1) is 13.5. The molecular formula is C21H25ClN2O4. The van der Waals surface area contributed by atoms with E-state index in [0.29, 0.717) is 35.9 Å². The number of carbonyl (C=O) groups is 1. The Bertz CT molecular complexity index is 810. The summed E-state index contributed by atoms with van der Waals surface area (Å²) >= 11 is 6.07. The molecule has 0 spiro atoms. The highest BCUT2D eigenvalue weighted by atomic mass is 35.5. The Labute approximate surface area is 170 Å². The van der Waals surface area contributed by atoms with Gasteiger partial charge >= 0.3 is 0 Å². The smallest absolute Gasteiger partial charge is 0.254 e. The van der Waals surface area contributed by atoms with E-state index in [1.165, 1.54) is 5.56 Å². The van der Waals surface area contributed by atoms with Gasteiger partial charge in [-0.2, -0.15) is 0 Å². The average molecular weight is 405 g/mol. The van der Waals surface area contributed by atoms with Gasteiger partial charge in [0.1, 0.15) is 0 Å². The zero-order valence-electron chi connectivity index (χ0n) is 16.4. The normalized spacial score (nSPS) is 14.6. The molecule has 0 N–H and O–H groups in total. The third kappa shape index (κ3) is 4.51. The van der Waals surface area contributed by atoms with Crippen LogP contribution in [0.25, 0.3) is 0 Å². The third-order valence-corrected chi connectivity index (χ3v) is 5.10. The van der Waals surface area contributed by atoms with Gasteiger partial charge in [0, 0.05) is 43.3 Å². The number of halogens is 1. The molecule has 0 bridgehead atoms. The molecule has 0 unspecified atom stereocenters. The largest absolute Gasteiger partial charge is 0.493 e. The molecule has 7 heteroatoms. The van der Waals surface area contributed by atoms with E-state index in [4.69, 9.17) is 25.8 Å². The standard InChI is InChI=1S/C21H25ClN2O4/c1-26-18-12-16(13-19(27-2)20(18)28-3)21(25)24-9-7-23(8-10-24)14-15-5-4-6-17(22)11-15/h4-6,11-13H,7-10,14H2,1-3H3. The molecule has 1 amide bonds. The molecule has 0 atom stereocenters. The van der Waals surface area contributed by atoms with Crippen LogP contribution in [0.2, 0.25) is 5.02 Å². The summed E-state index contributed by atoms with van der Waals surface area (Å²) in [6.07, 6.45) is 0. The van der Waals surface area contributed by atoms with Gasteiger partial charge in [-0.15, -0.1) is 0 Å². The predicted molar refractivity (Wildman–Crippen MR) is 109 cm³/mol. The number of hydrogen-bond acceptors (Lipinski definition) is 5. The van der Waals surface area contributed by atoms with Gasteiger partial charge in [0.05, 0.1) is 21.3 Å². The summed E-state index contributed by atoms with van der Waals surface area (Å²) in [6, 6.07) is 11.3. The van der Waals surface area contributed by atoms with Gasteiger partial charge in [0.15, 0.2) is 11.5 Å². The van der Waals surface area contributed by atoms with E-state index >= 15 is 0 Å². The van der Waals surface area contributed by atoms with Crippen LogP contribution in [0.5, 0.6) is 17.2 Å². The second-order valence-electron chi connectivity index (χ2n) is 6.61. The maximum Gasteiger partial charge on any atom is 0.254 e. The van der Waals surface area contributed by atoms with Crippen LogP contribution in [-0.4, -0.2) is 63.2 Å². The SMILES string of the molecule is COc1cc(C(=O)N2CCN(Cc3cccc(Cl)c3)CC2)cc(OC)c1OC. The lowest BCUT2D eigenvalue weighted by Crippen LogP contribution is -2.48. The van der Waals surface area contributed by atoms with E-state index in [1.807, 2.05) is 23.1 Å². The van der Waals surface area contributed by atoms with E-state index in [0.717, 1.165) is 24.7 Å². The van der Waals surface area contributed by atoms with Gasteiger partial charge in [0.25, 0.3) is 5.91 Å². The van der Waals surface area contributed by atoms with Crippen molar-refractivity contribution in [2.24, 2.45) is 0 Å². The Balaban J connectivity index is 1.66. The van der Waals surface area contributed by atoms with Crippen molar-refractivity contribution in [3.63, 3.8) is 0 Å². The third-order valence-electron chi connectivity index (χ3n) is 4.87. The number of benzene rings is 2. The first kappa shape index (κ1) is 20.3. The molecule has 150 valence electrons. The fourth-order valence-electron chi connectivity index (χ4n) is 3.39. The fourth-order valence-corrected chi connectivity index (χ4v) is 3.60. The molecule has 3 rings (SSSR count). The van der Waals surface area contributed by atoms with Crippen LogP contribution in [0, 0.1) is 0 Å². The molecule has 1 heterocycles. The Morgan fingerprint density at radius 3 is 2.14 bits per heavy atom. The molecule has 0 aromatic heterocycles. The molecule has 0 radical (unpaired) electrons. The first-order valence-corrected chi connectivity index (χ1v) is 9.49. The Kier molecular flexibility index (Phi) is 6.65. The molecule has 1 aliphatic heterocycles. The van der Waals surface area contributed by atoms with Crippen LogP contribution in [-0.2, 0) is 6.54 Å². The van der Waals surface area contributed by atoms with Crippen molar-refractivity contribution in [3.8, 4) is 17.2 Å². The van der Waals surface area contributed by atoms with E-state index in [-0.39, 0.29) is 5.91 Å². The van der Waals surface area contributed by atoms with E-state index in [1.54, 1.807) is 33.5 Å². The monoisotopic (exact) mass is 404 g/mol. The van der Waals surface area contributed by atoms with Crippen molar-refractivity contribution in [1.29, 1.82) is 0 Å². The molecule has 1 aliphatic rings. The lowest BCUT2D eigenvalue weighted by atomic mass is 10.1. The number of piperazine rings is 1. The Hall–Kier alpha value is -2.44. The Morgan fingerprint density at radius 1 is 0.964 bits per heavy atom. The molecule has 0 saturated carbocycles. The summed E-state index contributed by atoms with van der Waals surface area (Å²) in [5.74, 6) is 1.39. The summed E-state index contributed by atoms with van der Waals surface area (Å²) in [5, 5.41) is 0.744. The number of ether oxygens (including phenoxy) is 3. The van der Waals surface area contributed by atoms with Crippen molar-refractivity contribution in [2.45, 2.75) is 6.54 Å². The van der Waals surface area contributed by atoms with E-state index < -0.39 is 0 Å². The lowest BCUT2D eigenvalue weighted by molar-refractivity contribution is 0.0627. The maximum atomic E-state index is 13.0. The molecule has 28 heavy (non-hydrogen) atoms. The van der Waals surface area contributed by atoms with Gasteiger partial charge < -0.3 is 19.1 Å². The minimum atomic E-state index is -0.0401. The maximum absolute atomic E-state index is 13.0. The number of hydrogen-bond donors (Lipinski definition) is 0. The summed E-state index contributed by atoms with van der Waals surface area (Å²) in [5.41, 5.74) is 1.70. The highest BCUT2D eigenvalue weighted by Gasteiger charge is 2.24. The fraction of sp³-hybridized carbons (Fsp3) is 0.381. The van der Waals surface area contributed by atoms with Crippen molar-refractivity contribution in [1.82, 2.24) is 9.80 Å². The van der Waals surface area contributed by atoms with Crippen LogP contribution in [0.1, 0.15) is 15.9 Å². The van der Waals surface area contributed by atoms with E-state index in [2.05, 4.69) is 11.0 Å². The number of rotatable bonds is 6.